The highest BCUT2D eigenvalue weighted by Gasteiger charge is 2.70. The average Bonchev–Trinajstić information content (AvgIpc) is 3.26. The standard InChI is InChI=1S/C22H26O6/c1-12-8-18-21(3)15(20(24)28-18)4-5-16-19(21)22(12,11-26-13(2)23)9-17(27-16)14-6-7-25-10-14/h4,6-7,10,12,16-19H,5,8-9,11H2,1-3H3/t12-,16-,17+,18+,19+,21+,22-/m1/s1. The molecule has 0 bridgehead atoms. The molecule has 1 saturated carbocycles. The molecule has 28 heavy (non-hydrogen) atoms. The molecule has 6 nitrogen and oxygen atoms in total. The molecule has 2 saturated heterocycles. The molecule has 0 radical (unpaired) electrons. The summed E-state index contributed by atoms with van der Waals surface area (Å²) in [5, 5.41) is 0. The molecular weight excluding hydrogens is 360 g/mol. The molecule has 1 aromatic heterocycles. The molecule has 0 unspecified atom stereocenters. The van der Waals surface area contributed by atoms with Crippen LogP contribution in [-0.2, 0) is 23.8 Å². The van der Waals surface area contributed by atoms with Gasteiger partial charge in [0.1, 0.15) is 6.10 Å². The highest BCUT2D eigenvalue weighted by Crippen LogP contribution is 2.68. The van der Waals surface area contributed by atoms with Gasteiger partial charge in [0, 0.05) is 34.8 Å². The summed E-state index contributed by atoms with van der Waals surface area (Å²) < 4.78 is 23.3. The molecule has 0 aromatic carbocycles. The fourth-order valence-electron chi connectivity index (χ4n) is 6.51. The summed E-state index contributed by atoms with van der Waals surface area (Å²) in [6.45, 7) is 6.13. The first-order chi connectivity index (χ1) is 13.4. The molecule has 150 valence electrons. The number of furan rings is 1. The van der Waals surface area contributed by atoms with Crippen LogP contribution >= 0.6 is 0 Å². The number of carbonyl (C=O) groups is 2. The Morgan fingerprint density at radius 1 is 1.39 bits per heavy atom. The molecule has 0 amide bonds. The van der Waals surface area contributed by atoms with Gasteiger partial charge in [0.05, 0.1) is 31.3 Å². The second kappa shape index (κ2) is 5.96. The van der Waals surface area contributed by atoms with Gasteiger partial charge >= 0.3 is 11.9 Å². The van der Waals surface area contributed by atoms with Crippen molar-refractivity contribution in [2.24, 2.45) is 22.7 Å². The zero-order valence-electron chi connectivity index (χ0n) is 16.5. The maximum Gasteiger partial charge on any atom is 0.334 e. The summed E-state index contributed by atoms with van der Waals surface area (Å²) in [6, 6.07) is 1.94. The maximum absolute atomic E-state index is 12.6. The smallest absolute Gasteiger partial charge is 0.334 e. The lowest BCUT2D eigenvalue weighted by atomic mass is 9.44. The third-order valence-electron chi connectivity index (χ3n) is 7.82. The van der Waals surface area contributed by atoms with E-state index in [0.717, 1.165) is 24.0 Å². The van der Waals surface area contributed by atoms with Crippen molar-refractivity contribution in [2.45, 2.75) is 58.3 Å². The summed E-state index contributed by atoms with van der Waals surface area (Å²) in [6.07, 6.45) is 7.24. The Morgan fingerprint density at radius 3 is 2.93 bits per heavy atom. The molecule has 0 N–H and O–H groups in total. The molecule has 3 heterocycles. The molecule has 4 aliphatic rings. The number of ether oxygens (including phenoxy) is 3. The molecule has 1 aromatic rings. The van der Waals surface area contributed by atoms with E-state index >= 15 is 0 Å². The van der Waals surface area contributed by atoms with Crippen LogP contribution in [-0.4, -0.2) is 30.8 Å². The van der Waals surface area contributed by atoms with E-state index in [0.29, 0.717) is 13.0 Å². The van der Waals surface area contributed by atoms with Crippen molar-refractivity contribution in [3.05, 3.63) is 35.8 Å². The first-order valence-electron chi connectivity index (χ1n) is 10.1. The molecule has 7 atom stereocenters. The molecular formula is C22H26O6. The van der Waals surface area contributed by atoms with Gasteiger partial charge in [-0.3, -0.25) is 4.79 Å². The summed E-state index contributed by atoms with van der Waals surface area (Å²) in [4.78, 5) is 24.3. The van der Waals surface area contributed by atoms with Gasteiger partial charge in [-0.1, -0.05) is 19.9 Å². The second-order valence-electron chi connectivity index (χ2n) is 9.08. The number of carbonyl (C=O) groups excluding carboxylic acids is 2. The zero-order chi connectivity index (χ0) is 19.7. The van der Waals surface area contributed by atoms with E-state index in [2.05, 4.69) is 13.8 Å². The van der Waals surface area contributed by atoms with Gasteiger partial charge in [0.25, 0.3) is 0 Å². The summed E-state index contributed by atoms with van der Waals surface area (Å²) >= 11 is 0. The number of esters is 2. The van der Waals surface area contributed by atoms with E-state index in [1.165, 1.54) is 6.92 Å². The van der Waals surface area contributed by atoms with Crippen LogP contribution in [0.5, 0.6) is 0 Å². The van der Waals surface area contributed by atoms with Gasteiger partial charge in [0.2, 0.25) is 0 Å². The van der Waals surface area contributed by atoms with Crippen molar-refractivity contribution in [3.63, 3.8) is 0 Å². The Kier molecular flexibility index (Phi) is 3.83. The Hall–Kier alpha value is -2.08. The van der Waals surface area contributed by atoms with E-state index in [1.54, 1.807) is 12.5 Å². The predicted octanol–water partition coefficient (Wildman–Crippen LogP) is 3.58. The molecule has 5 rings (SSSR count). The zero-order valence-corrected chi connectivity index (χ0v) is 16.5. The Balaban J connectivity index is 1.63. The normalized spacial score (nSPS) is 43.8. The third-order valence-corrected chi connectivity index (χ3v) is 7.82. The lowest BCUT2D eigenvalue weighted by Crippen LogP contribution is -2.64. The van der Waals surface area contributed by atoms with Crippen molar-refractivity contribution in [1.29, 1.82) is 0 Å². The topological polar surface area (TPSA) is 75.0 Å². The lowest BCUT2D eigenvalue weighted by Gasteiger charge is -2.63. The van der Waals surface area contributed by atoms with Gasteiger partial charge in [-0.15, -0.1) is 0 Å². The summed E-state index contributed by atoms with van der Waals surface area (Å²) in [7, 11) is 0. The highest BCUT2D eigenvalue weighted by molar-refractivity contribution is 5.93. The Labute approximate surface area is 164 Å². The van der Waals surface area contributed by atoms with Crippen LogP contribution < -0.4 is 0 Å². The average molecular weight is 386 g/mol. The largest absolute Gasteiger partial charge is 0.472 e. The van der Waals surface area contributed by atoms with Gasteiger partial charge in [0.15, 0.2) is 0 Å². The van der Waals surface area contributed by atoms with Gasteiger partial charge in [-0.05, 0) is 31.2 Å². The van der Waals surface area contributed by atoms with Crippen LogP contribution in [0, 0.1) is 22.7 Å². The maximum atomic E-state index is 12.6. The Bertz CT molecular complexity index is 841. The van der Waals surface area contributed by atoms with E-state index in [4.69, 9.17) is 18.6 Å². The van der Waals surface area contributed by atoms with E-state index in [1.807, 2.05) is 12.1 Å². The number of hydrogen-bond acceptors (Lipinski definition) is 6. The quantitative estimate of drug-likeness (QED) is 0.739. The van der Waals surface area contributed by atoms with Crippen LogP contribution in [0.3, 0.4) is 0 Å². The number of hydrogen-bond donors (Lipinski definition) is 0. The van der Waals surface area contributed by atoms with Gasteiger partial charge < -0.3 is 18.6 Å². The Morgan fingerprint density at radius 2 is 2.21 bits per heavy atom. The van der Waals surface area contributed by atoms with E-state index < -0.39 is 5.41 Å². The monoisotopic (exact) mass is 386 g/mol. The SMILES string of the molecule is CC(=O)OC[C@]12C[C@@H](c3ccoc3)O[C@@H]3CC=C4C(=O)O[C@@H](C[C@H]1C)[C@@]4(C)[C@H]32. The van der Waals surface area contributed by atoms with Crippen molar-refractivity contribution >= 4 is 11.9 Å². The molecule has 2 aliphatic carbocycles. The minimum absolute atomic E-state index is 0.0577. The molecule has 0 spiro atoms. The molecule has 2 aliphatic heterocycles. The van der Waals surface area contributed by atoms with Crippen LogP contribution in [0.25, 0.3) is 0 Å². The van der Waals surface area contributed by atoms with Crippen LogP contribution in [0.4, 0.5) is 0 Å². The van der Waals surface area contributed by atoms with Crippen molar-refractivity contribution in [3.8, 4) is 0 Å². The summed E-state index contributed by atoms with van der Waals surface area (Å²) in [5.41, 5.74) is 1.10. The van der Waals surface area contributed by atoms with Crippen molar-refractivity contribution in [1.82, 2.24) is 0 Å². The minimum atomic E-state index is -0.409. The third kappa shape index (κ3) is 2.24. The summed E-state index contributed by atoms with van der Waals surface area (Å²) in [5.74, 6) is -0.191. The predicted molar refractivity (Wildman–Crippen MR) is 98.0 cm³/mol. The lowest BCUT2D eigenvalue weighted by molar-refractivity contribution is -0.245. The van der Waals surface area contributed by atoms with E-state index in [9.17, 15) is 9.59 Å². The number of rotatable bonds is 3. The van der Waals surface area contributed by atoms with Crippen LogP contribution in [0.15, 0.2) is 34.7 Å². The molecule has 6 heteroatoms. The first kappa shape index (κ1) is 18.0. The van der Waals surface area contributed by atoms with Crippen LogP contribution in [0.1, 0.15) is 51.7 Å². The van der Waals surface area contributed by atoms with E-state index in [-0.39, 0.29) is 47.5 Å². The minimum Gasteiger partial charge on any atom is -0.472 e. The fraction of sp³-hybridized carbons (Fsp3) is 0.636. The second-order valence-corrected chi connectivity index (χ2v) is 9.08. The highest BCUT2D eigenvalue weighted by atomic mass is 16.6. The van der Waals surface area contributed by atoms with Crippen LogP contribution in [0.2, 0.25) is 0 Å². The van der Waals surface area contributed by atoms with Crippen molar-refractivity contribution < 1.29 is 28.2 Å². The first-order valence-corrected chi connectivity index (χ1v) is 10.1. The van der Waals surface area contributed by atoms with Gasteiger partial charge in [-0.2, -0.15) is 0 Å². The van der Waals surface area contributed by atoms with Gasteiger partial charge in [-0.25, -0.2) is 4.79 Å². The molecule has 3 fully saturated rings. The van der Waals surface area contributed by atoms with Crippen molar-refractivity contribution in [2.75, 3.05) is 6.61 Å². The fourth-order valence-corrected chi connectivity index (χ4v) is 6.51.